The smallest absolute Gasteiger partial charge is 0.277 e. The molecule has 1 amide bonds. The quantitative estimate of drug-likeness (QED) is 0.925. The highest BCUT2D eigenvalue weighted by molar-refractivity contribution is 9.10. The van der Waals surface area contributed by atoms with Crippen LogP contribution in [0.5, 0.6) is 0 Å². The van der Waals surface area contributed by atoms with Crippen LogP contribution in [0, 0.1) is 0 Å². The van der Waals surface area contributed by atoms with Crippen LogP contribution in [0.3, 0.4) is 0 Å². The van der Waals surface area contributed by atoms with Gasteiger partial charge in [0.1, 0.15) is 0 Å². The molecule has 16 heavy (non-hydrogen) atoms. The first-order chi connectivity index (χ1) is 7.66. The van der Waals surface area contributed by atoms with Crippen LogP contribution in [0.15, 0.2) is 28.1 Å². The Morgan fingerprint density at radius 3 is 2.94 bits per heavy atom. The van der Waals surface area contributed by atoms with Crippen LogP contribution in [-0.4, -0.2) is 15.5 Å². The van der Waals surface area contributed by atoms with Gasteiger partial charge >= 0.3 is 0 Å². The van der Waals surface area contributed by atoms with Crippen LogP contribution in [0.1, 0.15) is 10.5 Å². The fourth-order valence-electron chi connectivity index (χ4n) is 1.03. The number of hydrogen-bond donors (Lipinski definition) is 1. The summed E-state index contributed by atoms with van der Waals surface area (Å²) in [6, 6.07) is 5.16. The van der Waals surface area contributed by atoms with Crippen molar-refractivity contribution in [1.82, 2.24) is 9.59 Å². The van der Waals surface area contributed by atoms with Crippen LogP contribution in [0.25, 0.3) is 0 Å². The Balaban J connectivity index is 2.15. The van der Waals surface area contributed by atoms with Crippen molar-refractivity contribution in [2.24, 2.45) is 0 Å². The first-order valence-corrected chi connectivity index (χ1v) is 6.21. The van der Waals surface area contributed by atoms with Crippen LogP contribution in [-0.2, 0) is 0 Å². The van der Waals surface area contributed by atoms with E-state index in [1.165, 1.54) is 0 Å². The summed E-state index contributed by atoms with van der Waals surface area (Å²) >= 11 is 10.3. The van der Waals surface area contributed by atoms with Gasteiger partial charge in [-0.1, -0.05) is 16.1 Å². The number of nitrogens with zero attached hydrogens (tertiary/aromatic N) is 2. The minimum Gasteiger partial charge on any atom is -0.321 e. The van der Waals surface area contributed by atoms with E-state index in [9.17, 15) is 4.79 Å². The molecule has 0 fully saturated rings. The highest BCUT2D eigenvalue weighted by Gasteiger charge is 2.09. The van der Waals surface area contributed by atoms with Crippen LogP contribution in [0.4, 0.5) is 5.69 Å². The number of amides is 1. The zero-order valence-corrected chi connectivity index (χ0v) is 10.9. The van der Waals surface area contributed by atoms with Crippen LogP contribution >= 0.6 is 39.1 Å². The minimum atomic E-state index is -0.299. The molecule has 0 aliphatic carbocycles. The summed E-state index contributed by atoms with van der Waals surface area (Å²) in [7, 11) is 0. The van der Waals surface area contributed by atoms with E-state index in [0.717, 1.165) is 16.0 Å². The van der Waals surface area contributed by atoms with E-state index < -0.39 is 0 Å². The number of anilines is 1. The molecular formula is C9H5BrClN3OS. The molecule has 0 saturated carbocycles. The first kappa shape index (κ1) is 11.5. The molecule has 0 aliphatic heterocycles. The maximum atomic E-state index is 11.6. The predicted octanol–water partition coefficient (Wildman–Crippen LogP) is 3.21. The predicted molar refractivity (Wildman–Crippen MR) is 67.0 cm³/mol. The topological polar surface area (TPSA) is 54.9 Å². The fourth-order valence-corrected chi connectivity index (χ4v) is 1.90. The SMILES string of the molecule is O=C(Nc1ccc(Br)c(Cl)c1)c1csnn1. The molecule has 0 unspecified atom stereocenters. The summed E-state index contributed by atoms with van der Waals surface area (Å²) in [5.74, 6) is -0.299. The number of benzene rings is 1. The van der Waals surface area contributed by atoms with Gasteiger partial charge in [0.15, 0.2) is 5.69 Å². The second-order valence-electron chi connectivity index (χ2n) is 2.87. The van der Waals surface area contributed by atoms with Gasteiger partial charge in [-0.2, -0.15) is 0 Å². The summed E-state index contributed by atoms with van der Waals surface area (Å²) in [6.45, 7) is 0. The number of carbonyl (C=O) groups is 1. The summed E-state index contributed by atoms with van der Waals surface area (Å²) in [4.78, 5) is 11.6. The van der Waals surface area contributed by atoms with E-state index in [0.29, 0.717) is 16.4 Å². The molecule has 0 aliphatic rings. The highest BCUT2D eigenvalue weighted by Crippen LogP contribution is 2.25. The standard InChI is InChI=1S/C9H5BrClN3OS/c10-6-2-1-5(3-7(6)11)12-9(15)8-4-16-14-13-8/h1-4H,(H,12,15). The number of aromatic nitrogens is 2. The molecule has 0 saturated heterocycles. The largest absolute Gasteiger partial charge is 0.321 e. The van der Waals surface area contributed by atoms with E-state index in [-0.39, 0.29) is 5.91 Å². The van der Waals surface area contributed by atoms with Crippen LogP contribution < -0.4 is 5.32 Å². The lowest BCUT2D eigenvalue weighted by Crippen LogP contribution is -2.12. The Morgan fingerprint density at radius 2 is 2.31 bits per heavy atom. The Morgan fingerprint density at radius 1 is 1.50 bits per heavy atom. The minimum absolute atomic E-state index is 0.295. The molecule has 0 atom stereocenters. The van der Waals surface area contributed by atoms with Crippen molar-refractivity contribution < 1.29 is 4.79 Å². The van der Waals surface area contributed by atoms with Crippen molar-refractivity contribution in [1.29, 1.82) is 0 Å². The summed E-state index contributed by atoms with van der Waals surface area (Å²) in [5.41, 5.74) is 0.912. The van der Waals surface area contributed by atoms with Gasteiger partial charge in [0, 0.05) is 15.5 Å². The molecule has 0 bridgehead atoms. The van der Waals surface area contributed by atoms with Gasteiger partial charge in [0.25, 0.3) is 5.91 Å². The molecule has 2 rings (SSSR count). The average Bonchev–Trinajstić information content (AvgIpc) is 2.77. The van der Waals surface area contributed by atoms with Crippen molar-refractivity contribution in [2.75, 3.05) is 5.32 Å². The monoisotopic (exact) mass is 317 g/mol. The normalized spacial score (nSPS) is 10.1. The second-order valence-corrected chi connectivity index (χ2v) is 4.74. The number of carbonyl (C=O) groups excluding carboxylic acids is 1. The molecular weight excluding hydrogens is 314 g/mol. The van der Waals surface area contributed by atoms with Gasteiger partial charge in [-0.15, -0.1) is 5.10 Å². The lowest BCUT2D eigenvalue weighted by molar-refractivity contribution is 0.102. The van der Waals surface area contributed by atoms with Crippen LogP contribution in [0.2, 0.25) is 5.02 Å². The van der Waals surface area contributed by atoms with Crippen molar-refractivity contribution >= 4 is 50.7 Å². The molecule has 0 radical (unpaired) electrons. The lowest BCUT2D eigenvalue weighted by atomic mass is 10.3. The molecule has 1 aromatic carbocycles. The Kier molecular flexibility index (Phi) is 3.52. The summed E-state index contributed by atoms with van der Waals surface area (Å²) in [6.07, 6.45) is 0. The number of halogens is 2. The number of rotatable bonds is 2. The van der Waals surface area contributed by atoms with E-state index in [1.807, 2.05) is 0 Å². The van der Waals surface area contributed by atoms with Gasteiger partial charge in [0.2, 0.25) is 0 Å². The number of nitrogens with one attached hydrogen (secondary N) is 1. The summed E-state index contributed by atoms with van der Waals surface area (Å²) in [5, 5.41) is 8.45. The zero-order valence-electron chi connectivity index (χ0n) is 7.78. The first-order valence-electron chi connectivity index (χ1n) is 4.20. The van der Waals surface area contributed by atoms with E-state index in [1.54, 1.807) is 23.6 Å². The Labute approximate surface area is 109 Å². The van der Waals surface area contributed by atoms with E-state index >= 15 is 0 Å². The third kappa shape index (κ3) is 2.58. The Bertz CT molecular complexity index is 517. The third-order valence-electron chi connectivity index (χ3n) is 1.77. The lowest BCUT2D eigenvalue weighted by Gasteiger charge is -2.04. The van der Waals surface area contributed by atoms with Crippen molar-refractivity contribution in [2.45, 2.75) is 0 Å². The maximum absolute atomic E-state index is 11.6. The van der Waals surface area contributed by atoms with Gasteiger partial charge in [-0.05, 0) is 45.7 Å². The molecule has 1 N–H and O–H groups in total. The van der Waals surface area contributed by atoms with E-state index in [2.05, 4.69) is 30.8 Å². The highest BCUT2D eigenvalue weighted by atomic mass is 79.9. The van der Waals surface area contributed by atoms with Gasteiger partial charge < -0.3 is 5.32 Å². The molecule has 4 nitrogen and oxygen atoms in total. The average molecular weight is 319 g/mol. The molecule has 0 spiro atoms. The fraction of sp³-hybridized carbons (Fsp3) is 0. The zero-order chi connectivity index (χ0) is 11.5. The summed E-state index contributed by atoms with van der Waals surface area (Å²) < 4.78 is 4.39. The number of hydrogen-bond acceptors (Lipinski definition) is 4. The third-order valence-corrected chi connectivity index (χ3v) is 3.51. The van der Waals surface area contributed by atoms with Crippen molar-refractivity contribution in [3.63, 3.8) is 0 Å². The molecule has 2 aromatic rings. The van der Waals surface area contributed by atoms with Gasteiger partial charge in [0.05, 0.1) is 5.02 Å². The molecule has 1 aromatic heterocycles. The van der Waals surface area contributed by atoms with Crippen molar-refractivity contribution in [3.8, 4) is 0 Å². The molecule has 7 heteroatoms. The van der Waals surface area contributed by atoms with Crippen molar-refractivity contribution in [3.05, 3.63) is 38.8 Å². The van der Waals surface area contributed by atoms with E-state index in [4.69, 9.17) is 11.6 Å². The molecule has 82 valence electrons. The van der Waals surface area contributed by atoms with Gasteiger partial charge in [-0.3, -0.25) is 4.79 Å². The van der Waals surface area contributed by atoms with Gasteiger partial charge in [-0.25, -0.2) is 0 Å². The second kappa shape index (κ2) is 4.90. The molecule has 1 heterocycles. The maximum Gasteiger partial charge on any atom is 0.277 e. The Hall–Kier alpha value is -0.980.